The summed E-state index contributed by atoms with van der Waals surface area (Å²) in [6, 6.07) is 12.2. The van der Waals surface area contributed by atoms with Gasteiger partial charge in [0.25, 0.3) is 11.8 Å². The van der Waals surface area contributed by atoms with Crippen LogP contribution in [0.4, 0.5) is 11.4 Å². The lowest BCUT2D eigenvalue weighted by atomic mass is 9.97. The van der Waals surface area contributed by atoms with Crippen LogP contribution in [-0.4, -0.2) is 32.6 Å². The van der Waals surface area contributed by atoms with E-state index in [1.54, 1.807) is 6.20 Å². The molecule has 3 amide bonds. The zero-order valence-corrected chi connectivity index (χ0v) is 22.9. The van der Waals surface area contributed by atoms with Crippen molar-refractivity contribution in [1.29, 1.82) is 0 Å². The molecule has 0 spiro atoms. The van der Waals surface area contributed by atoms with Gasteiger partial charge in [0, 0.05) is 33.9 Å². The number of nitrogen functional groups attached to an aromatic ring is 1. The largest absolute Gasteiger partial charge is 0.395 e. The zero-order chi connectivity index (χ0) is 27.8. The second-order valence-electron chi connectivity index (χ2n) is 10.1. The molecule has 0 saturated heterocycles. The van der Waals surface area contributed by atoms with Gasteiger partial charge in [-0.3, -0.25) is 19.3 Å². The van der Waals surface area contributed by atoms with Gasteiger partial charge < -0.3 is 21.8 Å². The monoisotopic (exact) mass is 532 g/mol. The molecule has 9 nitrogen and oxygen atoms in total. The summed E-state index contributed by atoms with van der Waals surface area (Å²) in [5, 5.41) is 3.92. The SMILES string of the molecule is CCC(C)(C)NC(=O)[C@H](c1c[nH]c2ccccc12)N(C(=O)c1snc(C(N)=O)c1N)c1cc(C)cc(C)c1. The molecular weight excluding hydrogens is 500 g/mol. The molecule has 0 saturated carbocycles. The molecule has 198 valence electrons. The summed E-state index contributed by atoms with van der Waals surface area (Å²) in [6.07, 6.45) is 2.43. The molecule has 2 aromatic carbocycles. The quantitative estimate of drug-likeness (QED) is 0.261. The van der Waals surface area contributed by atoms with Crippen molar-refractivity contribution in [3.8, 4) is 0 Å². The summed E-state index contributed by atoms with van der Waals surface area (Å²) < 4.78 is 4.02. The lowest BCUT2D eigenvalue weighted by Gasteiger charge is -2.34. The lowest BCUT2D eigenvalue weighted by Crippen LogP contribution is -2.50. The van der Waals surface area contributed by atoms with Crippen molar-refractivity contribution in [2.24, 2.45) is 5.73 Å². The number of amides is 3. The zero-order valence-electron chi connectivity index (χ0n) is 22.1. The Morgan fingerprint density at radius 2 is 1.79 bits per heavy atom. The van der Waals surface area contributed by atoms with Crippen molar-refractivity contribution in [2.75, 3.05) is 10.6 Å². The molecule has 0 unspecified atom stereocenters. The Morgan fingerprint density at radius 1 is 1.13 bits per heavy atom. The number of aromatic amines is 1. The average Bonchev–Trinajstić information content (AvgIpc) is 3.44. The van der Waals surface area contributed by atoms with Crippen molar-refractivity contribution in [3.05, 3.63) is 75.9 Å². The molecule has 0 aliphatic rings. The molecule has 4 rings (SSSR count). The number of anilines is 2. The second kappa shape index (κ2) is 10.3. The molecule has 0 aliphatic carbocycles. The Hall–Kier alpha value is -4.18. The molecule has 0 fully saturated rings. The van der Waals surface area contributed by atoms with Crippen LogP contribution in [0, 0.1) is 13.8 Å². The number of carbonyl (C=O) groups is 3. The van der Waals surface area contributed by atoms with Gasteiger partial charge in [0.15, 0.2) is 5.69 Å². The van der Waals surface area contributed by atoms with Crippen LogP contribution in [0.3, 0.4) is 0 Å². The maximum Gasteiger partial charge on any atom is 0.273 e. The van der Waals surface area contributed by atoms with E-state index in [0.29, 0.717) is 17.7 Å². The molecule has 0 aliphatic heterocycles. The number of hydrogen-bond acceptors (Lipinski definition) is 6. The Morgan fingerprint density at radius 3 is 2.39 bits per heavy atom. The van der Waals surface area contributed by atoms with E-state index in [2.05, 4.69) is 14.7 Å². The Bertz CT molecular complexity index is 1520. The van der Waals surface area contributed by atoms with Crippen molar-refractivity contribution in [3.63, 3.8) is 0 Å². The minimum atomic E-state index is -1.07. The Balaban J connectivity index is 1.99. The normalized spacial score (nSPS) is 12.3. The van der Waals surface area contributed by atoms with Crippen molar-refractivity contribution >= 4 is 51.5 Å². The smallest absolute Gasteiger partial charge is 0.273 e. The number of nitrogens with zero attached hydrogens (tertiary/aromatic N) is 2. The minimum absolute atomic E-state index is 0.0327. The third-order valence-electron chi connectivity index (χ3n) is 6.63. The molecule has 10 heteroatoms. The summed E-state index contributed by atoms with van der Waals surface area (Å²) in [5.74, 6) is -1.74. The van der Waals surface area contributed by atoms with Gasteiger partial charge in [-0.1, -0.05) is 31.2 Å². The number of nitrogens with two attached hydrogens (primary N) is 2. The fraction of sp³-hybridized carbons (Fsp3) is 0.286. The van der Waals surface area contributed by atoms with E-state index >= 15 is 0 Å². The van der Waals surface area contributed by atoms with E-state index in [9.17, 15) is 14.4 Å². The van der Waals surface area contributed by atoms with E-state index in [1.807, 2.05) is 77.1 Å². The number of carbonyl (C=O) groups excluding carboxylic acids is 3. The number of aromatic nitrogens is 2. The topological polar surface area (TPSA) is 147 Å². The average molecular weight is 533 g/mol. The Kier molecular flexibility index (Phi) is 7.28. The highest BCUT2D eigenvalue weighted by Gasteiger charge is 2.38. The van der Waals surface area contributed by atoms with Crippen LogP contribution in [0.1, 0.15) is 70.1 Å². The van der Waals surface area contributed by atoms with Crippen molar-refractivity contribution in [1.82, 2.24) is 14.7 Å². The van der Waals surface area contributed by atoms with E-state index in [-0.39, 0.29) is 22.2 Å². The van der Waals surface area contributed by atoms with Crippen LogP contribution in [0.25, 0.3) is 10.9 Å². The predicted octanol–water partition coefficient (Wildman–Crippen LogP) is 4.62. The third-order valence-corrected chi connectivity index (χ3v) is 7.48. The van der Waals surface area contributed by atoms with E-state index in [0.717, 1.165) is 33.6 Å². The lowest BCUT2D eigenvalue weighted by molar-refractivity contribution is -0.124. The highest BCUT2D eigenvalue weighted by atomic mass is 32.1. The van der Waals surface area contributed by atoms with E-state index in [4.69, 9.17) is 11.5 Å². The number of nitrogens with one attached hydrogen (secondary N) is 2. The molecule has 1 atom stereocenters. The maximum atomic E-state index is 14.3. The summed E-state index contributed by atoms with van der Waals surface area (Å²) in [7, 11) is 0. The number of para-hydroxylation sites is 1. The first kappa shape index (κ1) is 26.9. The van der Waals surface area contributed by atoms with Gasteiger partial charge in [0.1, 0.15) is 10.9 Å². The third kappa shape index (κ3) is 5.12. The molecule has 0 bridgehead atoms. The summed E-state index contributed by atoms with van der Waals surface area (Å²) in [4.78, 5) is 45.0. The number of benzene rings is 2. The van der Waals surface area contributed by atoms with Crippen LogP contribution >= 0.6 is 11.5 Å². The molecule has 4 aromatic rings. The van der Waals surface area contributed by atoms with Crippen LogP contribution in [-0.2, 0) is 4.79 Å². The first-order valence-corrected chi connectivity index (χ1v) is 13.1. The maximum absolute atomic E-state index is 14.3. The van der Waals surface area contributed by atoms with Crippen LogP contribution < -0.4 is 21.7 Å². The standard InChI is InChI=1S/C28H32N6O3S/c1-6-28(4,5)32-26(36)23(19-14-31-20-10-8-7-9-18(19)20)34(17-12-15(2)11-16(3)13-17)27(37)24-21(29)22(25(30)35)33-38-24/h7-14,23,31H,6,29H2,1-5H3,(H2,30,35)(H,32,36)/t23-/m0/s1. The number of H-pyrrole nitrogens is 1. The van der Waals surface area contributed by atoms with Crippen LogP contribution in [0.5, 0.6) is 0 Å². The fourth-order valence-electron chi connectivity index (χ4n) is 4.42. The molecule has 0 radical (unpaired) electrons. The van der Waals surface area contributed by atoms with Crippen molar-refractivity contribution < 1.29 is 14.4 Å². The number of hydrogen-bond donors (Lipinski definition) is 4. The van der Waals surface area contributed by atoms with Gasteiger partial charge in [-0.15, -0.1) is 0 Å². The van der Waals surface area contributed by atoms with E-state index < -0.39 is 23.4 Å². The predicted molar refractivity (Wildman–Crippen MR) is 151 cm³/mol. The summed E-state index contributed by atoms with van der Waals surface area (Å²) >= 11 is 0.785. The van der Waals surface area contributed by atoms with Gasteiger partial charge in [-0.25, -0.2) is 0 Å². The number of primary amides is 1. The highest BCUT2D eigenvalue weighted by molar-refractivity contribution is 7.09. The van der Waals surface area contributed by atoms with Gasteiger partial charge in [0.2, 0.25) is 5.91 Å². The van der Waals surface area contributed by atoms with Gasteiger partial charge in [-0.2, -0.15) is 4.37 Å². The van der Waals surface area contributed by atoms with Crippen LogP contribution in [0.2, 0.25) is 0 Å². The van der Waals surface area contributed by atoms with Gasteiger partial charge >= 0.3 is 0 Å². The number of aryl methyl sites for hydroxylation is 2. The Labute approximate surface area is 225 Å². The summed E-state index contributed by atoms with van der Waals surface area (Å²) in [5.41, 5.74) is 14.6. The molecule has 2 aromatic heterocycles. The van der Waals surface area contributed by atoms with Crippen molar-refractivity contribution in [2.45, 2.75) is 52.6 Å². The van der Waals surface area contributed by atoms with Crippen LogP contribution in [0.15, 0.2) is 48.7 Å². The highest BCUT2D eigenvalue weighted by Crippen LogP contribution is 2.37. The molecular formula is C28H32N6O3S. The molecule has 38 heavy (non-hydrogen) atoms. The summed E-state index contributed by atoms with van der Waals surface area (Å²) in [6.45, 7) is 9.69. The molecule has 6 N–H and O–H groups in total. The van der Waals surface area contributed by atoms with Gasteiger partial charge in [-0.05, 0) is 75.0 Å². The van der Waals surface area contributed by atoms with Gasteiger partial charge in [0.05, 0.1) is 5.69 Å². The molecule has 2 heterocycles. The number of rotatable bonds is 8. The van der Waals surface area contributed by atoms with E-state index in [1.165, 1.54) is 4.90 Å². The number of fused-ring (bicyclic) bond motifs is 1. The first-order valence-electron chi connectivity index (χ1n) is 12.3. The minimum Gasteiger partial charge on any atom is -0.395 e. The second-order valence-corrected chi connectivity index (χ2v) is 10.9. The first-order chi connectivity index (χ1) is 17.9. The fourth-order valence-corrected chi connectivity index (χ4v) is 5.16.